The summed E-state index contributed by atoms with van der Waals surface area (Å²) in [7, 11) is -3.69. The van der Waals surface area contributed by atoms with Gasteiger partial charge in [-0.25, -0.2) is 8.42 Å². The number of benzene rings is 2. The minimum absolute atomic E-state index is 0.146. The highest BCUT2D eigenvalue weighted by molar-refractivity contribution is 7.90. The Labute approximate surface area is 186 Å². The lowest BCUT2D eigenvalue weighted by Crippen LogP contribution is -2.34. The summed E-state index contributed by atoms with van der Waals surface area (Å²) in [6.07, 6.45) is 1.47. The van der Waals surface area contributed by atoms with Gasteiger partial charge in [-0.05, 0) is 43.7 Å². The second-order valence-corrected chi connectivity index (χ2v) is 9.34. The molecule has 2 heterocycles. The highest BCUT2D eigenvalue weighted by Crippen LogP contribution is 2.32. The van der Waals surface area contributed by atoms with Gasteiger partial charge >= 0.3 is 0 Å². The largest absolute Gasteiger partial charge is 0.479 e. The summed E-state index contributed by atoms with van der Waals surface area (Å²) in [6, 6.07) is 10.7. The van der Waals surface area contributed by atoms with Crippen molar-refractivity contribution in [2.45, 2.75) is 50.2 Å². The standard InChI is InChI=1S/C22H24N4O5S/c1-3-4-8-16(24-20-15-7-5-6-9-19(15)32(29,30)26-20)22(28)23-14-10-11-18-17(12-14)25-21(27)13(2)31-18/h5-7,9-13,16H,3-4,8H2,1-2H3,(H,23,28)(H,24,26)(H,25,27). The Morgan fingerprint density at radius 2 is 2.03 bits per heavy atom. The van der Waals surface area contributed by atoms with Crippen molar-refractivity contribution in [2.24, 2.45) is 4.99 Å². The molecule has 2 aliphatic rings. The molecule has 3 N–H and O–H groups in total. The zero-order chi connectivity index (χ0) is 22.9. The molecule has 10 heteroatoms. The van der Waals surface area contributed by atoms with Gasteiger partial charge in [-0.15, -0.1) is 0 Å². The van der Waals surface area contributed by atoms with Crippen LogP contribution in [-0.4, -0.2) is 38.2 Å². The molecule has 2 atom stereocenters. The maximum absolute atomic E-state index is 13.1. The topological polar surface area (TPSA) is 126 Å². The zero-order valence-electron chi connectivity index (χ0n) is 17.7. The fourth-order valence-electron chi connectivity index (χ4n) is 3.55. The van der Waals surface area contributed by atoms with Crippen LogP contribution in [0.5, 0.6) is 5.75 Å². The van der Waals surface area contributed by atoms with Crippen molar-refractivity contribution in [3.63, 3.8) is 0 Å². The molecule has 0 saturated carbocycles. The number of ether oxygens (including phenoxy) is 1. The number of nitrogens with zero attached hydrogens (tertiary/aromatic N) is 1. The molecule has 2 unspecified atom stereocenters. The summed E-state index contributed by atoms with van der Waals surface area (Å²) in [5, 5.41) is 5.56. The Morgan fingerprint density at radius 3 is 2.81 bits per heavy atom. The van der Waals surface area contributed by atoms with Gasteiger partial charge in [0.2, 0.25) is 5.91 Å². The normalized spacial score (nSPS) is 20.4. The fraction of sp³-hybridized carbons (Fsp3) is 0.318. The highest BCUT2D eigenvalue weighted by Gasteiger charge is 2.32. The van der Waals surface area contributed by atoms with Crippen LogP contribution in [0.15, 0.2) is 52.4 Å². The third-order valence-electron chi connectivity index (χ3n) is 5.26. The molecule has 0 bridgehead atoms. The number of amidine groups is 1. The minimum Gasteiger partial charge on any atom is -0.479 e. The van der Waals surface area contributed by atoms with Gasteiger partial charge in [-0.2, -0.15) is 0 Å². The predicted octanol–water partition coefficient (Wildman–Crippen LogP) is 2.64. The first kappa shape index (κ1) is 21.8. The van der Waals surface area contributed by atoms with E-state index in [1.54, 1.807) is 43.3 Å². The van der Waals surface area contributed by atoms with Gasteiger partial charge in [0.1, 0.15) is 17.6 Å². The molecule has 0 fully saturated rings. The third-order valence-corrected chi connectivity index (χ3v) is 6.66. The molecule has 9 nitrogen and oxygen atoms in total. The van der Waals surface area contributed by atoms with Gasteiger partial charge in [0.25, 0.3) is 15.9 Å². The molecule has 0 saturated heterocycles. The summed E-state index contributed by atoms with van der Waals surface area (Å²) in [6.45, 7) is 3.66. The van der Waals surface area contributed by atoms with Crippen LogP contribution in [0.2, 0.25) is 0 Å². The van der Waals surface area contributed by atoms with Crippen molar-refractivity contribution < 1.29 is 22.7 Å². The number of carbonyl (C=O) groups is 2. The van der Waals surface area contributed by atoms with Crippen LogP contribution in [0.3, 0.4) is 0 Å². The molecular formula is C22H24N4O5S. The molecule has 4 rings (SSSR count). The summed E-state index contributed by atoms with van der Waals surface area (Å²) in [5.41, 5.74) is 1.39. The van der Waals surface area contributed by atoms with Crippen molar-refractivity contribution in [1.29, 1.82) is 0 Å². The van der Waals surface area contributed by atoms with Crippen molar-refractivity contribution in [3.8, 4) is 5.75 Å². The van der Waals surface area contributed by atoms with E-state index >= 15 is 0 Å². The monoisotopic (exact) mass is 456 g/mol. The number of hydrogen-bond acceptors (Lipinski definition) is 6. The number of unbranched alkanes of at least 4 members (excludes halogenated alkanes) is 1. The molecule has 2 amide bonds. The molecular weight excluding hydrogens is 432 g/mol. The van der Waals surface area contributed by atoms with Crippen LogP contribution in [0.25, 0.3) is 0 Å². The van der Waals surface area contributed by atoms with Gasteiger partial charge < -0.3 is 15.4 Å². The van der Waals surface area contributed by atoms with Crippen LogP contribution in [-0.2, 0) is 19.6 Å². The number of aliphatic imine (C=N–C) groups is 1. The van der Waals surface area contributed by atoms with Crippen molar-refractivity contribution in [1.82, 2.24) is 4.72 Å². The van der Waals surface area contributed by atoms with Gasteiger partial charge in [0.05, 0.1) is 10.6 Å². The lowest BCUT2D eigenvalue weighted by molar-refractivity contribution is -0.122. The number of hydrogen-bond donors (Lipinski definition) is 3. The van der Waals surface area contributed by atoms with E-state index in [0.29, 0.717) is 29.1 Å². The van der Waals surface area contributed by atoms with E-state index in [1.807, 2.05) is 6.92 Å². The maximum Gasteiger partial charge on any atom is 0.265 e. The lowest BCUT2D eigenvalue weighted by atomic mass is 10.1. The lowest BCUT2D eigenvalue weighted by Gasteiger charge is -2.24. The predicted molar refractivity (Wildman–Crippen MR) is 120 cm³/mol. The van der Waals surface area contributed by atoms with Crippen LogP contribution in [0.4, 0.5) is 11.4 Å². The summed E-state index contributed by atoms with van der Waals surface area (Å²) < 4.78 is 32.7. The molecule has 2 aromatic rings. The number of anilines is 2. The Hall–Kier alpha value is -3.40. The number of sulfonamides is 1. The third kappa shape index (κ3) is 4.31. The molecule has 168 valence electrons. The smallest absolute Gasteiger partial charge is 0.265 e. The van der Waals surface area contributed by atoms with Crippen LogP contribution >= 0.6 is 0 Å². The van der Waals surface area contributed by atoms with Gasteiger partial charge in [0.15, 0.2) is 6.10 Å². The molecule has 0 radical (unpaired) electrons. The van der Waals surface area contributed by atoms with E-state index in [1.165, 1.54) is 6.07 Å². The molecule has 0 aromatic heterocycles. The average molecular weight is 457 g/mol. The van der Waals surface area contributed by atoms with Crippen molar-refractivity contribution in [3.05, 3.63) is 48.0 Å². The van der Waals surface area contributed by atoms with Gasteiger partial charge in [0, 0.05) is 11.3 Å². The number of amides is 2. The number of carbonyl (C=O) groups excluding carboxylic acids is 2. The van der Waals surface area contributed by atoms with Crippen LogP contribution in [0, 0.1) is 0 Å². The van der Waals surface area contributed by atoms with E-state index in [9.17, 15) is 18.0 Å². The van der Waals surface area contributed by atoms with E-state index in [0.717, 1.165) is 12.8 Å². The quantitative estimate of drug-likeness (QED) is 0.616. The number of rotatable bonds is 6. The summed E-state index contributed by atoms with van der Waals surface area (Å²) in [4.78, 5) is 29.5. The SMILES string of the molecule is CCCCC(N=C1NS(=O)(=O)c2ccccc21)C(=O)Nc1ccc2c(c1)NC(=O)C(C)O2. The Balaban J connectivity index is 1.58. The molecule has 2 aromatic carbocycles. The average Bonchev–Trinajstić information content (AvgIpc) is 3.02. The Bertz CT molecular complexity index is 1210. The second-order valence-electron chi connectivity index (χ2n) is 7.69. The molecule has 2 aliphatic heterocycles. The summed E-state index contributed by atoms with van der Waals surface area (Å²) in [5.74, 6) is 0.0538. The van der Waals surface area contributed by atoms with Crippen molar-refractivity contribution in [2.75, 3.05) is 10.6 Å². The highest BCUT2D eigenvalue weighted by atomic mass is 32.2. The number of nitrogens with one attached hydrogen (secondary N) is 3. The Morgan fingerprint density at radius 1 is 1.25 bits per heavy atom. The summed E-state index contributed by atoms with van der Waals surface area (Å²) >= 11 is 0. The maximum atomic E-state index is 13.1. The first-order valence-electron chi connectivity index (χ1n) is 10.4. The van der Waals surface area contributed by atoms with Gasteiger partial charge in [-0.3, -0.25) is 19.3 Å². The van der Waals surface area contributed by atoms with E-state index in [-0.39, 0.29) is 22.5 Å². The van der Waals surface area contributed by atoms with E-state index < -0.39 is 22.2 Å². The fourth-order valence-corrected chi connectivity index (χ4v) is 4.79. The van der Waals surface area contributed by atoms with E-state index in [2.05, 4.69) is 20.3 Å². The molecule has 32 heavy (non-hydrogen) atoms. The van der Waals surface area contributed by atoms with Crippen LogP contribution < -0.4 is 20.1 Å². The molecule has 0 spiro atoms. The first-order chi connectivity index (χ1) is 15.3. The van der Waals surface area contributed by atoms with E-state index in [4.69, 9.17) is 4.74 Å². The number of fused-ring (bicyclic) bond motifs is 2. The minimum atomic E-state index is -3.69. The molecule has 0 aliphatic carbocycles. The first-order valence-corrected chi connectivity index (χ1v) is 11.9. The Kier molecular flexibility index (Phi) is 5.88. The second kappa shape index (κ2) is 8.62. The van der Waals surface area contributed by atoms with Crippen LogP contribution in [0.1, 0.15) is 38.7 Å². The van der Waals surface area contributed by atoms with Crippen molar-refractivity contribution >= 4 is 39.0 Å². The zero-order valence-corrected chi connectivity index (χ0v) is 18.5. The van der Waals surface area contributed by atoms with Gasteiger partial charge in [-0.1, -0.05) is 31.9 Å².